The number of hydrogen-bond acceptors (Lipinski definition) is 3. The first-order valence-electron chi connectivity index (χ1n) is 6.89. The van der Waals surface area contributed by atoms with Gasteiger partial charge in [0, 0.05) is 26.2 Å². The summed E-state index contributed by atoms with van der Waals surface area (Å²) in [5, 5.41) is 3.27. The summed E-state index contributed by atoms with van der Waals surface area (Å²) in [6.07, 6.45) is 4.26. The normalized spacial score (nSPS) is 23.3. The van der Waals surface area contributed by atoms with Crippen molar-refractivity contribution in [1.29, 1.82) is 0 Å². The molecule has 2 rings (SSSR count). The third-order valence-corrected chi connectivity index (χ3v) is 3.43. The summed E-state index contributed by atoms with van der Waals surface area (Å²) >= 11 is 0. The van der Waals surface area contributed by atoms with Crippen LogP contribution in [0.15, 0.2) is 0 Å². The summed E-state index contributed by atoms with van der Waals surface area (Å²) < 4.78 is 5.59. The molecule has 1 aliphatic carbocycles. The van der Waals surface area contributed by atoms with Crippen LogP contribution in [0.1, 0.15) is 32.6 Å². The van der Waals surface area contributed by atoms with Crippen LogP contribution in [0.25, 0.3) is 0 Å². The number of rotatable bonds is 6. The molecule has 1 saturated carbocycles. The fourth-order valence-corrected chi connectivity index (χ4v) is 2.27. The van der Waals surface area contributed by atoms with Crippen LogP contribution in [-0.4, -0.2) is 49.7 Å². The number of amides is 1. The van der Waals surface area contributed by atoms with E-state index >= 15 is 0 Å². The largest absolute Gasteiger partial charge is 0.375 e. The van der Waals surface area contributed by atoms with E-state index in [1.807, 2.05) is 4.90 Å². The van der Waals surface area contributed by atoms with Crippen molar-refractivity contribution in [1.82, 2.24) is 10.2 Å². The molecule has 18 heavy (non-hydrogen) atoms. The Labute approximate surface area is 116 Å². The van der Waals surface area contributed by atoms with Gasteiger partial charge in [-0.15, -0.1) is 12.4 Å². The molecule has 1 unspecified atom stereocenters. The number of nitrogens with zero attached hydrogens (tertiary/aromatic N) is 1. The number of ether oxygens (including phenoxy) is 1. The first-order valence-corrected chi connectivity index (χ1v) is 6.89. The molecule has 0 radical (unpaired) electrons. The molecule has 1 saturated heterocycles. The minimum Gasteiger partial charge on any atom is -0.375 e. The maximum atomic E-state index is 12.2. The van der Waals surface area contributed by atoms with E-state index in [4.69, 9.17) is 4.74 Å². The molecule has 0 aromatic heterocycles. The SMILES string of the molecule is CCCN(CC1CC1)C(=O)CC1CNCCO1.Cl. The lowest BCUT2D eigenvalue weighted by Crippen LogP contribution is -2.43. The van der Waals surface area contributed by atoms with Crippen LogP contribution < -0.4 is 5.32 Å². The topological polar surface area (TPSA) is 41.6 Å². The molecule has 2 fully saturated rings. The zero-order valence-corrected chi connectivity index (χ0v) is 12.0. The molecule has 0 aromatic carbocycles. The van der Waals surface area contributed by atoms with Gasteiger partial charge in [0.1, 0.15) is 0 Å². The predicted octanol–water partition coefficient (Wildman–Crippen LogP) is 1.44. The zero-order chi connectivity index (χ0) is 12.1. The molecule has 1 atom stereocenters. The second-order valence-electron chi connectivity index (χ2n) is 5.18. The fraction of sp³-hybridized carbons (Fsp3) is 0.923. The van der Waals surface area contributed by atoms with E-state index in [0.717, 1.165) is 45.1 Å². The molecule has 2 aliphatic rings. The van der Waals surface area contributed by atoms with Crippen molar-refractivity contribution in [3.8, 4) is 0 Å². The fourth-order valence-electron chi connectivity index (χ4n) is 2.27. The Morgan fingerprint density at radius 2 is 2.22 bits per heavy atom. The summed E-state index contributed by atoms with van der Waals surface area (Å²) in [4.78, 5) is 14.2. The Kier molecular flexibility index (Phi) is 6.97. The summed E-state index contributed by atoms with van der Waals surface area (Å²) in [7, 11) is 0. The van der Waals surface area contributed by atoms with E-state index in [0.29, 0.717) is 6.42 Å². The average molecular weight is 277 g/mol. The Hall–Kier alpha value is -0.320. The Balaban J connectivity index is 0.00000162. The molecule has 106 valence electrons. The number of morpholine rings is 1. The van der Waals surface area contributed by atoms with Crippen molar-refractivity contribution in [2.75, 3.05) is 32.8 Å². The van der Waals surface area contributed by atoms with Crippen LogP contribution in [0.2, 0.25) is 0 Å². The van der Waals surface area contributed by atoms with Gasteiger partial charge in [0.2, 0.25) is 5.91 Å². The summed E-state index contributed by atoms with van der Waals surface area (Å²) in [6.45, 7) is 6.45. The van der Waals surface area contributed by atoms with Gasteiger partial charge in [-0.05, 0) is 25.2 Å². The monoisotopic (exact) mass is 276 g/mol. The third kappa shape index (κ3) is 5.12. The zero-order valence-electron chi connectivity index (χ0n) is 11.2. The molecule has 0 aromatic rings. The third-order valence-electron chi connectivity index (χ3n) is 3.43. The van der Waals surface area contributed by atoms with Gasteiger partial charge in [0.05, 0.1) is 19.1 Å². The maximum absolute atomic E-state index is 12.2. The number of carbonyl (C=O) groups excluding carboxylic acids is 1. The number of carbonyl (C=O) groups is 1. The Morgan fingerprint density at radius 3 is 2.78 bits per heavy atom. The van der Waals surface area contributed by atoms with Gasteiger partial charge in [-0.2, -0.15) is 0 Å². The van der Waals surface area contributed by atoms with Crippen molar-refractivity contribution in [2.45, 2.75) is 38.7 Å². The van der Waals surface area contributed by atoms with Crippen molar-refractivity contribution in [2.24, 2.45) is 5.92 Å². The molecule has 1 heterocycles. The number of halogens is 1. The smallest absolute Gasteiger partial charge is 0.225 e. The summed E-state index contributed by atoms with van der Waals surface area (Å²) in [6, 6.07) is 0. The highest BCUT2D eigenvalue weighted by atomic mass is 35.5. The lowest BCUT2D eigenvalue weighted by atomic mass is 10.2. The molecular formula is C13H25ClN2O2. The molecule has 0 spiro atoms. The van der Waals surface area contributed by atoms with Gasteiger partial charge in [-0.3, -0.25) is 4.79 Å². The highest BCUT2D eigenvalue weighted by Gasteiger charge is 2.27. The van der Waals surface area contributed by atoms with Gasteiger partial charge in [-0.25, -0.2) is 0 Å². The molecular weight excluding hydrogens is 252 g/mol. The minimum absolute atomic E-state index is 0. The van der Waals surface area contributed by atoms with Crippen LogP contribution in [0.3, 0.4) is 0 Å². The van der Waals surface area contributed by atoms with Crippen molar-refractivity contribution >= 4 is 18.3 Å². The highest BCUT2D eigenvalue weighted by molar-refractivity contribution is 5.85. The first kappa shape index (κ1) is 15.7. The maximum Gasteiger partial charge on any atom is 0.225 e. The van der Waals surface area contributed by atoms with Crippen molar-refractivity contribution in [3.63, 3.8) is 0 Å². The lowest BCUT2D eigenvalue weighted by molar-refractivity contribution is -0.135. The van der Waals surface area contributed by atoms with E-state index in [2.05, 4.69) is 12.2 Å². The van der Waals surface area contributed by atoms with Crippen LogP contribution in [-0.2, 0) is 9.53 Å². The van der Waals surface area contributed by atoms with Crippen LogP contribution in [0.4, 0.5) is 0 Å². The van der Waals surface area contributed by atoms with E-state index in [1.54, 1.807) is 0 Å². The van der Waals surface area contributed by atoms with E-state index < -0.39 is 0 Å². The standard InChI is InChI=1S/C13H24N2O2.ClH/c1-2-6-15(10-11-3-4-11)13(16)8-12-9-14-5-7-17-12;/h11-12,14H,2-10H2,1H3;1H. The Bertz CT molecular complexity index is 253. The summed E-state index contributed by atoms with van der Waals surface area (Å²) in [5.41, 5.74) is 0. The van der Waals surface area contributed by atoms with Gasteiger partial charge in [-0.1, -0.05) is 6.92 Å². The predicted molar refractivity (Wildman–Crippen MR) is 74.1 cm³/mol. The first-order chi connectivity index (χ1) is 8.29. The second kappa shape index (κ2) is 7.97. The van der Waals surface area contributed by atoms with Crippen LogP contribution in [0.5, 0.6) is 0 Å². The van der Waals surface area contributed by atoms with Gasteiger partial charge >= 0.3 is 0 Å². The van der Waals surface area contributed by atoms with Crippen LogP contribution in [0, 0.1) is 5.92 Å². The summed E-state index contributed by atoms with van der Waals surface area (Å²) in [5.74, 6) is 1.04. The molecule has 5 heteroatoms. The highest BCUT2D eigenvalue weighted by Crippen LogP contribution is 2.30. The van der Waals surface area contributed by atoms with E-state index in [-0.39, 0.29) is 24.4 Å². The number of hydrogen-bond donors (Lipinski definition) is 1. The van der Waals surface area contributed by atoms with Gasteiger partial charge < -0.3 is 15.0 Å². The quantitative estimate of drug-likeness (QED) is 0.798. The molecule has 1 amide bonds. The van der Waals surface area contributed by atoms with Gasteiger partial charge in [0.25, 0.3) is 0 Å². The second-order valence-corrected chi connectivity index (χ2v) is 5.18. The van der Waals surface area contributed by atoms with E-state index in [9.17, 15) is 4.79 Å². The molecule has 0 bridgehead atoms. The molecule has 1 aliphatic heterocycles. The van der Waals surface area contributed by atoms with Crippen LogP contribution >= 0.6 is 12.4 Å². The molecule has 1 N–H and O–H groups in total. The van der Waals surface area contributed by atoms with E-state index in [1.165, 1.54) is 12.8 Å². The lowest BCUT2D eigenvalue weighted by Gasteiger charge is -2.27. The van der Waals surface area contributed by atoms with Gasteiger partial charge in [0.15, 0.2) is 0 Å². The van der Waals surface area contributed by atoms with Crippen molar-refractivity contribution < 1.29 is 9.53 Å². The average Bonchev–Trinajstić information content (AvgIpc) is 3.14. The Morgan fingerprint density at radius 1 is 1.44 bits per heavy atom. The minimum atomic E-state index is 0. The number of nitrogens with one attached hydrogen (secondary N) is 1. The molecule has 4 nitrogen and oxygen atoms in total. The van der Waals surface area contributed by atoms with Crippen molar-refractivity contribution in [3.05, 3.63) is 0 Å².